The van der Waals surface area contributed by atoms with Gasteiger partial charge in [-0.05, 0) is 59.5 Å². The van der Waals surface area contributed by atoms with E-state index < -0.39 is 17.8 Å². The molecule has 4 rings (SSSR count). The van der Waals surface area contributed by atoms with E-state index in [0.29, 0.717) is 34.0 Å². The van der Waals surface area contributed by atoms with E-state index in [1.54, 1.807) is 38.3 Å². The van der Waals surface area contributed by atoms with Gasteiger partial charge in [0.05, 0.1) is 12.8 Å². The molecule has 4 amide bonds. The SMILES string of the molecule is COc1cc(/C=C2\C(=O)NC(=O)N(c3cc(Cl)ccc3C)C2=O)ccc1Cc1ccccc1Br. The number of aryl methyl sites for hydroxylation is 1. The minimum atomic E-state index is -0.820. The van der Waals surface area contributed by atoms with E-state index in [1.165, 1.54) is 12.1 Å². The second-order valence-corrected chi connectivity index (χ2v) is 9.02. The number of hydrogen-bond acceptors (Lipinski definition) is 4. The molecule has 0 aliphatic carbocycles. The highest BCUT2D eigenvalue weighted by Gasteiger charge is 2.37. The number of amides is 4. The standard InChI is InChI=1S/C26H20BrClN2O4/c1-15-7-10-19(28)14-22(15)30-25(32)20(24(31)29-26(30)33)11-16-8-9-18(23(12-16)34-2)13-17-5-3-4-6-21(17)27/h3-12,14H,13H2,1-2H3,(H,29,31,33)/b20-11+. The lowest BCUT2D eigenvalue weighted by Crippen LogP contribution is -2.54. The van der Waals surface area contributed by atoms with Crippen LogP contribution in [0.5, 0.6) is 5.75 Å². The number of nitrogens with one attached hydrogen (secondary N) is 1. The number of hydrogen-bond donors (Lipinski definition) is 1. The molecular formula is C26H20BrClN2O4. The summed E-state index contributed by atoms with van der Waals surface area (Å²) in [6.45, 7) is 1.75. The maximum absolute atomic E-state index is 13.2. The number of benzene rings is 3. The number of halogens is 2. The summed E-state index contributed by atoms with van der Waals surface area (Å²) in [5.74, 6) is -0.870. The monoisotopic (exact) mass is 538 g/mol. The van der Waals surface area contributed by atoms with Crippen molar-refractivity contribution in [2.45, 2.75) is 13.3 Å². The van der Waals surface area contributed by atoms with E-state index in [1.807, 2.05) is 30.3 Å². The average molecular weight is 540 g/mol. The van der Waals surface area contributed by atoms with Crippen LogP contribution < -0.4 is 15.0 Å². The summed E-state index contributed by atoms with van der Waals surface area (Å²) < 4.78 is 6.56. The molecule has 1 aliphatic rings. The fraction of sp³-hybridized carbons (Fsp3) is 0.115. The van der Waals surface area contributed by atoms with Crippen molar-refractivity contribution in [2.75, 3.05) is 12.0 Å². The molecule has 1 N–H and O–H groups in total. The van der Waals surface area contributed by atoms with Crippen LogP contribution in [0.25, 0.3) is 6.08 Å². The number of nitrogens with zero attached hydrogens (tertiary/aromatic N) is 1. The highest BCUT2D eigenvalue weighted by atomic mass is 79.9. The normalized spacial score (nSPS) is 15.0. The molecule has 172 valence electrons. The van der Waals surface area contributed by atoms with Crippen molar-refractivity contribution in [1.82, 2.24) is 5.32 Å². The average Bonchev–Trinajstić information content (AvgIpc) is 2.81. The Balaban J connectivity index is 1.69. The third kappa shape index (κ3) is 4.76. The first-order chi connectivity index (χ1) is 16.3. The Kier molecular flexibility index (Phi) is 6.86. The Morgan fingerprint density at radius 3 is 2.53 bits per heavy atom. The maximum atomic E-state index is 13.2. The van der Waals surface area contributed by atoms with Crippen LogP contribution in [0.15, 0.2) is 70.7 Å². The smallest absolute Gasteiger partial charge is 0.335 e. The topological polar surface area (TPSA) is 75.7 Å². The Labute approximate surface area is 210 Å². The van der Waals surface area contributed by atoms with Crippen molar-refractivity contribution in [2.24, 2.45) is 0 Å². The van der Waals surface area contributed by atoms with Gasteiger partial charge in [0.25, 0.3) is 11.8 Å². The summed E-state index contributed by atoms with van der Waals surface area (Å²) in [5, 5.41) is 2.60. The second-order valence-electron chi connectivity index (χ2n) is 7.73. The van der Waals surface area contributed by atoms with Crippen LogP contribution in [0, 0.1) is 6.92 Å². The van der Waals surface area contributed by atoms with E-state index >= 15 is 0 Å². The van der Waals surface area contributed by atoms with E-state index in [2.05, 4.69) is 21.2 Å². The van der Waals surface area contributed by atoms with Gasteiger partial charge in [-0.1, -0.05) is 63.9 Å². The van der Waals surface area contributed by atoms with Crippen LogP contribution in [0.3, 0.4) is 0 Å². The van der Waals surface area contributed by atoms with E-state index in [-0.39, 0.29) is 5.57 Å². The number of ether oxygens (including phenoxy) is 1. The highest BCUT2D eigenvalue weighted by Crippen LogP contribution is 2.30. The Morgan fingerprint density at radius 1 is 1.03 bits per heavy atom. The first-order valence-corrected chi connectivity index (χ1v) is 11.5. The predicted octanol–water partition coefficient (Wildman–Crippen LogP) is 5.68. The fourth-order valence-electron chi connectivity index (χ4n) is 3.71. The van der Waals surface area contributed by atoms with Gasteiger partial charge < -0.3 is 4.74 Å². The molecule has 8 heteroatoms. The molecule has 0 unspecified atom stereocenters. The lowest BCUT2D eigenvalue weighted by Gasteiger charge is -2.27. The molecule has 0 bridgehead atoms. The Bertz CT molecular complexity index is 1350. The van der Waals surface area contributed by atoms with Gasteiger partial charge in [0.2, 0.25) is 0 Å². The summed E-state index contributed by atoms with van der Waals surface area (Å²) >= 11 is 9.63. The van der Waals surface area contributed by atoms with Gasteiger partial charge in [-0.15, -0.1) is 0 Å². The van der Waals surface area contributed by atoms with Crippen molar-refractivity contribution >= 4 is 57.1 Å². The quantitative estimate of drug-likeness (QED) is 0.335. The van der Waals surface area contributed by atoms with Gasteiger partial charge in [-0.2, -0.15) is 0 Å². The lowest BCUT2D eigenvalue weighted by atomic mass is 10.0. The van der Waals surface area contributed by atoms with Crippen molar-refractivity contribution < 1.29 is 19.1 Å². The summed E-state index contributed by atoms with van der Waals surface area (Å²) in [4.78, 5) is 39.2. The number of methoxy groups -OCH3 is 1. The zero-order chi connectivity index (χ0) is 24.4. The molecule has 1 fully saturated rings. The number of anilines is 1. The molecule has 3 aromatic carbocycles. The van der Waals surface area contributed by atoms with Gasteiger partial charge in [0, 0.05) is 15.9 Å². The minimum absolute atomic E-state index is 0.167. The van der Waals surface area contributed by atoms with E-state index in [9.17, 15) is 14.4 Å². The van der Waals surface area contributed by atoms with Gasteiger partial charge in [0.15, 0.2) is 0 Å². The van der Waals surface area contributed by atoms with Gasteiger partial charge in [0.1, 0.15) is 11.3 Å². The van der Waals surface area contributed by atoms with Crippen molar-refractivity contribution in [3.05, 3.63) is 98.0 Å². The maximum Gasteiger partial charge on any atom is 0.335 e. The van der Waals surface area contributed by atoms with Crippen LogP contribution in [-0.4, -0.2) is 25.0 Å². The third-order valence-electron chi connectivity index (χ3n) is 5.47. The molecule has 6 nitrogen and oxygen atoms in total. The second kappa shape index (κ2) is 9.83. The molecule has 1 heterocycles. The first kappa shape index (κ1) is 23.7. The molecule has 34 heavy (non-hydrogen) atoms. The van der Waals surface area contributed by atoms with Crippen LogP contribution in [0.4, 0.5) is 10.5 Å². The molecule has 3 aromatic rings. The molecule has 0 aromatic heterocycles. The zero-order valence-electron chi connectivity index (χ0n) is 18.4. The van der Waals surface area contributed by atoms with Crippen LogP contribution >= 0.6 is 27.5 Å². The Morgan fingerprint density at radius 2 is 1.79 bits per heavy atom. The fourth-order valence-corrected chi connectivity index (χ4v) is 4.30. The lowest BCUT2D eigenvalue weighted by molar-refractivity contribution is -0.122. The van der Waals surface area contributed by atoms with Gasteiger partial charge in [-0.25, -0.2) is 9.69 Å². The van der Waals surface area contributed by atoms with Crippen molar-refractivity contribution in [3.63, 3.8) is 0 Å². The summed E-state index contributed by atoms with van der Waals surface area (Å²) in [6, 6.07) is 17.4. The van der Waals surface area contributed by atoms with Crippen LogP contribution in [0.1, 0.15) is 22.3 Å². The van der Waals surface area contributed by atoms with Crippen molar-refractivity contribution in [1.29, 1.82) is 0 Å². The summed E-state index contributed by atoms with van der Waals surface area (Å²) in [7, 11) is 1.57. The number of imide groups is 2. The van der Waals surface area contributed by atoms with Crippen molar-refractivity contribution in [3.8, 4) is 5.75 Å². The van der Waals surface area contributed by atoms with Gasteiger partial charge in [-0.3, -0.25) is 14.9 Å². The minimum Gasteiger partial charge on any atom is -0.496 e. The number of urea groups is 1. The molecule has 0 atom stereocenters. The molecule has 0 radical (unpaired) electrons. The summed E-state index contributed by atoms with van der Waals surface area (Å²) in [5.41, 5.74) is 3.44. The molecule has 0 saturated carbocycles. The zero-order valence-corrected chi connectivity index (χ0v) is 20.7. The first-order valence-electron chi connectivity index (χ1n) is 10.4. The van der Waals surface area contributed by atoms with Gasteiger partial charge >= 0.3 is 6.03 Å². The number of carbonyl (C=O) groups excluding carboxylic acids is 3. The number of rotatable bonds is 5. The molecule has 0 spiro atoms. The van der Waals surface area contributed by atoms with E-state index in [0.717, 1.165) is 20.5 Å². The molecular weight excluding hydrogens is 520 g/mol. The summed E-state index contributed by atoms with van der Waals surface area (Å²) in [6.07, 6.45) is 2.08. The van der Waals surface area contributed by atoms with E-state index in [4.69, 9.17) is 16.3 Å². The van der Waals surface area contributed by atoms with Crippen LogP contribution in [0.2, 0.25) is 5.02 Å². The Hall–Kier alpha value is -3.42. The highest BCUT2D eigenvalue weighted by molar-refractivity contribution is 9.10. The predicted molar refractivity (Wildman–Crippen MR) is 135 cm³/mol. The third-order valence-corrected chi connectivity index (χ3v) is 6.48. The van der Waals surface area contributed by atoms with Crippen LogP contribution in [-0.2, 0) is 16.0 Å². The number of barbiturate groups is 1. The largest absolute Gasteiger partial charge is 0.496 e. The molecule has 1 aliphatic heterocycles. The molecule has 1 saturated heterocycles. The number of carbonyl (C=O) groups is 3.